The number of unbranched alkanes of at least 4 members (excludes halogenated alkanes) is 1. The van der Waals surface area contributed by atoms with Crippen LogP contribution >= 0.6 is 0 Å². The van der Waals surface area contributed by atoms with E-state index in [9.17, 15) is 4.79 Å². The summed E-state index contributed by atoms with van der Waals surface area (Å²) < 4.78 is 5.44. The van der Waals surface area contributed by atoms with Gasteiger partial charge in [-0.1, -0.05) is 19.8 Å². The first-order chi connectivity index (χ1) is 7.83. The Kier molecular flexibility index (Phi) is 4.18. The fourth-order valence-corrected chi connectivity index (χ4v) is 2.49. The van der Waals surface area contributed by atoms with E-state index in [1.54, 1.807) is 0 Å². The third-order valence-electron chi connectivity index (χ3n) is 3.51. The molecule has 4 nitrogen and oxygen atoms in total. The molecule has 0 aromatic rings. The van der Waals surface area contributed by atoms with Crippen molar-refractivity contribution in [2.45, 2.75) is 51.1 Å². The summed E-state index contributed by atoms with van der Waals surface area (Å²) in [5, 5.41) is 3.31. The number of ether oxygens (including phenoxy) is 1. The van der Waals surface area contributed by atoms with Crippen LogP contribution in [-0.4, -0.2) is 42.8 Å². The molecule has 1 N–H and O–H groups in total. The maximum absolute atomic E-state index is 12.1. The van der Waals surface area contributed by atoms with Crippen LogP contribution in [0.1, 0.15) is 39.0 Å². The molecule has 2 unspecified atom stereocenters. The second-order valence-corrected chi connectivity index (χ2v) is 4.74. The van der Waals surface area contributed by atoms with E-state index in [0.717, 1.165) is 38.7 Å². The molecule has 2 rings (SSSR count). The predicted octanol–water partition coefficient (Wildman–Crippen LogP) is 1.11. The number of hydrogen-bond donors (Lipinski definition) is 1. The van der Waals surface area contributed by atoms with Crippen LogP contribution in [0.25, 0.3) is 0 Å². The van der Waals surface area contributed by atoms with E-state index in [2.05, 4.69) is 12.2 Å². The minimum absolute atomic E-state index is 0.0573. The number of carbonyl (C=O) groups excluding carboxylic acids is 1. The van der Waals surface area contributed by atoms with Crippen LogP contribution in [0.3, 0.4) is 0 Å². The Morgan fingerprint density at radius 3 is 3.12 bits per heavy atom. The maximum Gasteiger partial charge on any atom is 0.241 e. The largest absolute Gasteiger partial charge is 0.379 e. The number of rotatable bonds is 4. The van der Waals surface area contributed by atoms with E-state index >= 15 is 0 Å². The van der Waals surface area contributed by atoms with E-state index in [1.807, 2.05) is 4.90 Å². The van der Waals surface area contributed by atoms with Crippen molar-refractivity contribution in [3.05, 3.63) is 0 Å². The third-order valence-corrected chi connectivity index (χ3v) is 3.51. The van der Waals surface area contributed by atoms with Gasteiger partial charge in [-0.3, -0.25) is 10.1 Å². The molecule has 0 saturated carbocycles. The highest BCUT2D eigenvalue weighted by atomic mass is 16.5. The Balaban J connectivity index is 1.85. The molecule has 2 atom stereocenters. The number of nitrogens with zero attached hydrogens (tertiary/aromatic N) is 1. The fourth-order valence-electron chi connectivity index (χ4n) is 2.49. The number of hydrogen-bond acceptors (Lipinski definition) is 3. The van der Waals surface area contributed by atoms with Crippen molar-refractivity contribution in [2.24, 2.45) is 0 Å². The van der Waals surface area contributed by atoms with Gasteiger partial charge in [0.25, 0.3) is 0 Å². The molecule has 0 bridgehead atoms. The quantitative estimate of drug-likeness (QED) is 0.781. The highest BCUT2D eigenvalue weighted by Crippen LogP contribution is 2.18. The molecule has 4 heteroatoms. The van der Waals surface area contributed by atoms with E-state index in [0.29, 0.717) is 19.3 Å². The molecular weight excluding hydrogens is 204 g/mol. The van der Waals surface area contributed by atoms with Crippen LogP contribution < -0.4 is 5.32 Å². The van der Waals surface area contributed by atoms with Crippen molar-refractivity contribution >= 4 is 5.91 Å². The van der Waals surface area contributed by atoms with Gasteiger partial charge in [-0.25, -0.2) is 0 Å². The van der Waals surface area contributed by atoms with Crippen molar-refractivity contribution in [1.29, 1.82) is 0 Å². The first-order valence-electron chi connectivity index (χ1n) is 6.44. The third kappa shape index (κ3) is 2.55. The normalized spacial score (nSPS) is 31.1. The number of amides is 1. The van der Waals surface area contributed by atoms with Gasteiger partial charge >= 0.3 is 0 Å². The molecule has 16 heavy (non-hydrogen) atoms. The summed E-state index contributed by atoms with van der Waals surface area (Å²) in [5.74, 6) is 0.281. The lowest BCUT2D eigenvalue weighted by Crippen LogP contribution is -2.43. The fraction of sp³-hybridized carbons (Fsp3) is 0.917. The summed E-state index contributed by atoms with van der Waals surface area (Å²) in [7, 11) is 0. The van der Waals surface area contributed by atoms with Gasteiger partial charge in [0.1, 0.15) is 0 Å². The summed E-state index contributed by atoms with van der Waals surface area (Å²) in [4.78, 5) is 14.1. The number of nitrogens with one attached hydrogen (secondary N) is 1. The summed E-state index contributed by atoms with van der Waals surface area (Å²) in [6.45, 7) is 4.44. The van der Waals surface area contributed by atoms with Crippen LogP contribution in [0.5, 0.6) is 0 Å². The van der Waals surface area contributed by atoms with Gasteiger partial charge < -0.3 is 9.64 Å². The second kappa shape index (κ2) is 5.64. The molecule has 0 radical (unpaired) electrons. The highest BCUT2D eigenvalue weighted by molar-refractivity contribution is 5.84. The summed E-state index contributed by atoms with van der Waals surface area (Å²) in [6.07, 6.45) is 5.41. The Morgan fingerprint density at radius 1 is 1.56 bits per heavy atom. The average molecular weight is 226 g/mol. The number of carbonyl (C=O) groups is 1. The minimum atomic E-state index is 0.0573. The van der Waals surface area contributed by atoms with Crippen LogP contribution in [0, 0.1) is 0 Å². The van der Waals surface area contributed by atoms with Gasteiger partial charge in [0, 0.05) is 6.61 Å². The highest BCUT2D eigenvalue weighted by Gasteiger charge is 2.35. The summed E-state index contributed by atoms with van der Waals surface area (Å²) in [6, 6.07) is 0.363. The molecule has 0 aromatic heterocycles. The van der Waals surface area contributed by atoms with E-state index in [4.69, 9.17) is 4.74 Å². The lowest BCUT2D eigenvalue weighted by atomic mass is 10.1. The van der Waals surface area contributed by atoms with Gasteiger partial charge in [-0.2, -0.15) is 0 Å². The second-order valence-electron chi connectivity index (χ2n) is 4.74. The van der Waals surface area contributed by atoms with Crippen LogP contribution in [0.2, 0.25) is 0 Å². The van der Waals surface area contributed by atoms with Crippen molar-refractivity contribution in [2.75, 3.05) is 19.9 Å². The zero-order valence-electron chi connectivity index (χ0n) is 10.1. The summed E-state index contributed by atoms with van der Waals surface area (Å²) >= 11 is 0. The van der Waals surface area contributed by atoms with Crippen LogP contribution in [0.15, 0.2) is 0 Å². The molecule has 0 aliphatic carbocycles. The van der Waals surface area contributed by atoms with Crippen molar-refractivity contribution in [1.82, 2.24) is 10.2 Å². The van der Waals surface area contributed by atoms with Gasteiger partial charge in [0.2, 0.25) is 5.91 Å². The molecule has 2 aliphatic rings. The summed E-state index contributed by atoms with van der Waals surface area (Å²) in [5.41, 5.74) is 0. The first-order valence-corrected chi connectivity index (χ1v) is 6.44. The molecule has 2 saturated heterocycles. The van der Waals surface area contributed by atoms with Crippen LogP contribution in [0.4, 0.5) is 0 Å². The lowest BCUT2D eigenvalue weighted by molar-refractivity contribution is -0.133. The monoisotopic (exact) mass is 226 g/mol. The van der Waals surface area contributed by atoms with Gasteiger partial charge in [0.15, 0.2) is 0 Å². The molecule has 2 aliphatic heterocycles. The Labute approximate surface area is 97.3 Å². The van der Waals surface area contributed by atoms with Gasteiger partial charge in [-0.15, -0.1) is 0 Å². The molecule has 2 heterocycles. The van der Waals surface area contributed by atoms with Crippen molar-refractivity contribution < 1.29 is 9.53 Å². The lowest BCUT2D eigenvalue weighted by Gasteiger charge is -2.30. The molecule has 92 valence electrons. The zero-order chi connectivity index (χ0) is 11.4. The topological polar surface area (TPSA) is 41.6 Å². The zero-order valence-corrected chi connectivity index (χ0v) is 10.1. The Bertz CT molecular complexity index is 239. The van der Waals surface area contributed by atoms with Gasteiger partial charge in [0.05, 0.1) is 25.4 Å². The SMILES string of the molecule is CCCCC1NCN(C2CCCOC2)C1=O. The minimum Gasteiger partial charge on any atom is -0.379 e. The molecule has 0 aromatic carbocycles. The Morgan fingerprint density at radius 2 is 2.44 bits per heavy atom. The van der Waals surface area contributed by atoms with E-state index in [1.165, 1.54) is 0 Å². The smallest absolute Gasteiger partial charge is 0.241 e. The van der Waals surface area contributed by atoms with Crippen molar-refractivity contribution in [3.63, 3.8) is 0 Å². The van der Waals surface area contributed by atoms with Crippen LogP contribution in [-0.2, 0) is 9.53 Å². The van der Waals surface area contributed by atoms with E-state index in [-0.39, 0.29) is 11.9 Å². The van der Waals surface area contributed by atoms with Gasteiger partial charge in [-0.05, 0) is 19.3 Å². The predicted molar refractivity (Wildman–Crippen MR) is 62.0 cm³/mol. The standard InChI is InChI=1S/C12H22N2O2/c1-2-3-6-11-12(15)14(9-13-11)10-5-4-7-16-8-10/h10-11,13H,2-9H2,1H3. The van der Waals surface area contributed by atoms with E-state index < -0.39 is 0 Å². The maximum atomic E-state index is 12.1. The molecule has 2 fully saturated rings. The average Bonchev–Trinajstić information content (AvgIpc) is 2.69. The molecule has 1 amide bonds. The molecule has 0 spiro atoms. The Hall–Kier alpha value is -0.610. The van der Waals surface area contributed by atoms with Crippen molar-refractivity contribution in [3.8, 4) is 0 Å². The first kappa shape index (κ1) is 11.9. The molecular formula is C12H22N2O2.